The maximum absolute atomic E-state index is 13.8. The quantitative estimate of drug-likeness (QED) is 0.704. The molecule has 2 saturated carbocycles. The van der Waals surface area contributed by atoms with Gasteiger partial charge in [0.2, 0.25) is 0 Å². The molecule has 0 N–H and O–H groups in total. The van der Waals surface area contributed by atoms with Crippen LogP contribution in [0.25, 0.3) is 0 Å². The van der Waals surface area contributed by atoms with E-state index in [9.17, 15) is 9.65 Å². The molecule has 0 heterocycles. The molecule has 1 nitrogen and oxygen atoms in total. The summed E-state index contributed by atoms with van der Waals surface area (Å²) < 4.78 is 13.8. The third-order valence-corrected chi connectivity index (χ3v) is 4.40. The number of rotatable bonds is 1. The number of halogens is 1. The first-order chi connectivity index (χ1) is 7.76. The molecule has 0 saturated heterocycles. The summed E-state index contributed by atoms with van der Waals surface area (Å²) in [6.45, 7) is 0. The molecule has 2 bridgehead atoms. The van der Waals surface area contributed by atoms with E-state index in [1.807, 2.05) is 6.07 Å². The van der Waals surface area contributed by atoms with Crippen molar-refractivity contribution >= 4 is 0 Å². The molecule has 82 valence electrons. The van der Waals surface area contributed by atoms with Gasteiger partial charge in [-0.05, 0) is 37.2 Å². The summed E-state index contributed by atoms with van der Waals surface area (Å²) in [4.78, 5) is 0. The molecule has 1 aromatic rings. The minimum Gasteiger partial charge on any atom is -0.207 e. The molecule has 2 aliphatic rings. The molecule has 2 heteroatoms. The molecular weight excluding hydrogens is 201 g/mol. The van der Waals surface area contributed by atoms with Crippen LogP contribution in [0, 0.1) is 29.0 Å². The highest BCUT2D eigenvalue weighted by molar-refractivity contribution is 5.37. The zero-order valence-electron chi connectivity index (χ0n) is 9.12. The second-order valence-electron chi connectivity index (χ2n) is 5.14. The largest absolute Gasteiger partial charge is 0.207 e. The Morgan fingerprint density at radius 2 is 2.12 bits per heavy atom. The summed E-state index contributed by atoms with van der Waals surface area (Å²) in [5, 5.41) is 9.50. The van der Waals surface area contributed by atoms with E-state index in [4.69, 9.17) is 0 Å². The van der Waals surface area contributed by atoms with Gasteiger partial charge < -0.3 is 0 Å². The van der Waals surface area contributed by atoms with E-state index in [0.29, 0.717) is 17.4 Å². The lowest BCUT2D eigenvalue weighted by atomic mass is 9.69. The van der Waals surface area contributed by atoms with E-state index in [-0.39, 0.29) is 5.82 Å². The molecular formula is C14H14FN. The summed E-state index contributed by atoms with van der Waals surface area (Å²) >= 11 is 0. The topological polar surface area (TPSA) is 23.8 Å². The lowest BCUT2D eigenvalue weighted by Gasteiger charge is -2.31. The summed E-state index contributed by atoms with van der Waals surface area (Å²) in [5.41, 5.74) is 0.0959. The molecule has 2 fully saturated rings. The van der Waals surface area contributed by atoms with Crippen molar-refractivity contribution in [1.82, 2.24) is 0 Å². The van der Waals surface area contributed by atoms with Gasteiger partial charge >= 0.3 is 0 Å². The second kappa shape index (κ2) is 3.31. The van der Waals surface area contributed by atoms with Crippen LogP contribution in [-0.2, 0) is 5.41 Å². The van der Waals surface area contributed by atoms with Crippen LogP contribution in [0.3, 0.4) is 0 Å². The Balaban J connectivity index is 2.11. The normalized spacial score (nSPS) is 36.2. The van der Waals surface area contributed by atoms with E-state index < -0.39 is 5.41 Å². The maximum atomic E-state index is 13.8. The van der Waals surface area contributed by atoms with Crippen LogP contribution in [0.4, 0.5) is 4.39 Å². The van der Waals surface area contributed by atoms with E-state index >= 15 is 0 Å². The van der Waals surface area contributed by atoms with Crippen LogP contribution in [0.1, 0.15) is 31.2 Å². The average Bonchev–Trinajstić information content (AvgIpc) is 2.90. The molecule has 3 atom stereocenters. The van der Waals surface area contributed by atoms with Crippen LogP contribution >= 0.6 is 0 Å². The molecule has 0 aromatic heterocycles. The first kappa shape index (κ1) is 9.84. The van der Waals surface area contributed by atoms with Crippen molar-refractivity contribution in [1.29, 1.82) is 5.26 Å². The fourth-order valence-electron chi connectivity index (χ4n) is 3.68. The molecule has 0 amide bonds. The van der Waals surface area contributed by atoms with E-state index in [2.05, 4.69) is 6.07 Å². The van der Waals surface area contributed by atoms with Gasteiger partial charge in [-0.2, -0.15) is 5.26 Å². The van der Waals surface area contributed by atoms with Gasteiger partial charge in [0.1, 0.15) is 5.82 Å². The van der Waals surface area contributed by atoms with Crippen molar-refractivity contribution in [3.63, 3.8) is 0 Å². The van der Waals surface area contributed by atoms with Crippen molar-refractivity contribution in [3.05, 3.63) is 35.6 Å². The van der Waals surface area contributed by atoms with Crippen LogP contribution < -0.4 is 0 Å². The summed E-state index contributed by atoms with van der Waals surface area (Å²) in [5.74, 6) is 0.806. The van der Waals surface area contributed by atoms with Crippen LogP contribution in [0.5, 0.6) is 0 Å². The average molecular weight is 215 g/mol. The number of hydrogen-bond donors (Lipinski definition) is 0. The monoisotopic (exact) mass is 215 g/mol. The van der Waals surface area contributed by atoms with Gasteiger partial charge in [-0.3, -0.25) is 0 Å². The maximum Gasteiger partial charge on any atom is 0.128 e. The Bertz CT molecular complexity index is 462. The van der Waals surface area contributed by atoms with Crippen molar-refractivity contribution < 1.29 is 4.39 Å². The SMILES string of the molecule is N#C[C@]1(c2ccccc2F)C[C@@H]2CC[C@H]1C2. The molecule has 0 aliphatic heterocycles. The summed E-state index contributed by atoms with van der Waals surface area (Å²) in [6.07, 6.45) is 4.28. The highest BCUT2D eigenvalue weighted by atomic mass is 19.1. The van der Waals surface area contributed by atoms with Crippen molar-refractivity contribution in [3.8, 4) is 6.07 Å². The number of nitriles is 1. The number of benzene rings is 1. The molecule has 0 spiro atoms. The lowest BCUT2D eigenvalue weighted by Crippen LogP contribution is -2.31. The highest BCUT2D eigenvalue weighted by Crippen LogP contribution is 2.56. The van der Waals surface area contributed by atoms with Gasteiger partial charge in [-0.25, -0.2) is 4.39 Å². The molecule has 3 rings (SSSR count). The first-order valence-corrected chi connectivity index (χ1v) is 5.92. The van der Waals surface area contributed by atoms with Gasteiger partial charge in [0.25, 0.3) is 0 Å². The zero-order valence-corrected chi connectivity index (χ0v) is 9.12. The molecule has 1 aromatic carbocycles. The van der Waals surface area contributed by atoms with Gasteiger partial charge in [-0.1, -0.05) is 24.6 Å². The first-order valence-electron chi connectivity index (χ1n) is 5.92. The predicted octanol–water partition coefficient (Wildman–Crippen LogP) is 3.41. The second-order valence-corrected chi connectivity index (χ2v) is 5.14. The zero-order chi connectivity index (χ0) is 11.2. The van der Waals surface area contributed by atoms with Crippen LogP contribution in [0.15, 0.2) is 24.3 Å². The molecule has 2 aliphatic carbocycles. The van der Waals surface area contributed by atoms with Gasteiger partial charge in [0, 0.05) is 5.56 Å². The minimum absolute atomic E-state index is 0.211. The summed E-state index contributed by atoms with van der Waals surface area (Å²) in [7, 11) is 0. The molecule has 0 unspecified atom stereocenters. The van der Waals surface area contributed by atoms with E-state index in [0.717, 1.165) is 19.3 Å². The van der Waals surface area contributed by atoms with Crippen LogP contribution in [-0.4, -0.2) is 0 Å². The highest BCUT2D eigenvalue weighted by Gasteiger charge is 2.53. The number of fused-ring (bicyclic) bond motifs is 2. The van der Waals surface area contributed by atoms with E-state index in [1.54, 1.807) is 12.1 Å². The van der Waals surface area contributed by atoms with Gasteiger partial charge in [0.05, 0.1) is 11.5 Å². The molecule has 16 heavy (non-hydrogen) atoms. The lowest BCUT2D eigenvalue weighted by molar-refractivity contribution is 0.330. The van der Waals surface area contributed by atoms with Gasteiger partial charge in [0.15, 0.2) is 0 Å². The predicted molar refractivity (Wildman–Crippen MR) is 59.1 cm³/mol. The van der Waals surface area contributed by atoms with Crippen molar-refractivity contribution in [2.45, 2.75) is 31.1 Å². The number of hydrogen-bond acceptors (Lipinski definition) is 1. The Morgan fingerprint density at radius 1 is 1.31 bits per heavy atom. The fourth-order valence-corrected chi connectivity index (χ4v) is 3.68. The third-order valence-electron chi connectivity index (χ3n) is 4.40. The molecule has 0 radical (unpaired) electrons. The fraction of sp³-hybridized carbons (Fsp3) is 0.500. The van der Waals surface area contributed by atoms with Crippen molar-refractivity contribution in [2.75, 3.05) is 0 Å². The smallest absolute Gasteiger partial charge is 0.128 e. The minimum atomic E-state index is -0.533. The Kier molecular flexibility index (Phi) is 2.04. The number of nitrogens with zero attached hydrogens (tertiary/aromatic N) is 1. The van der Waals surface area contributed by atoms with Gasteiger partial charge in [-0.15, -0.1) is 0 Å². The van der Waals surface area contributed by atoms with E-state index in [1.165, 1.54) is 12.5 Å². The van der Waals surface area contributed by atoms with Crippen molar-refractivity contribution in [2.24, 2.45) is 11.8 Å². The Labute approximate surface area is 94.9 Å². The Hall–Kier alpha value is -1.36. The Morgan fingerprint density at radius 3 is 2.69 bits per heavy atom. The third kappa shape index (κ3) is 1.15. The van der Waals surface area contributed by atoms with Crippen LogP contribution in [0.2, 0.25) is 0 Å². The standard InChI is InChI=1S/C14H14FN/c15-13-4-2-1-3-12(13)14(9-16)8-10-5-6-11(14)7-10/h1-4,10-11H,5-8H2/t10-,11+,14-/m1/s1. The summed E-state index contributed by atoms with van der Waals surface area (Å²) in [6, 6.07) is 9.22.